The van der Waals surface area contributed by atoms with Crippen LogP contribution in [0.5, 0.6) is 0 Å². The predicted octanol–water partition coefficient (Wildman–Crippen LogP) is 8.99. The zero-order valence-electron chi connectivity index (χ0n) is 29.4. The van der Waals surface area contributed by atoms with Gasteiger partial charge in [-0.1, -0.05) is 18.2 Å². The first-order valence-electron chi connectivity index (χ1n) is 16.8. The summed E-state index contributed by atoms with van der Waals surface area (Å²) < 4.78 is 18.5. The molecule has 0 aliphatic carbocycles. The Morgan fingerprint density at radius 1 is 0.510 bits per heavy atom. The Kier molecular flexibility index (Phi) is 7.83. The average molecular weight is 673 g/mol. The van der Waals surface area contributed by atoms with Gasteiger partial charge in [0.1, 0.15) is 28.7 Å². The Balaban J connectivity index is 1.23. The van der Waals surface area contributed by atoms with Crippen molar-refractivity contribution in [3.63, 3.8) is 0 Å². The Labute approximate surface area is 296 Å². The number of halogens is 1. The molecule has 0 unspecified atom stereocenters. The lowest BCUT2D eigenvalue weighted by Crippen LogP contribution is -2.11. The molecule has 8 aromatic rings. The van der Waals surface area contributed by atoms with E-state index in [1.54, 1.807) is 13.0 Å². The molecule has 0 N–H and O–H groups in total. The Hall–Kier alpha value is -6.35. The second-order valence-electron chi connectivity index (χ2n) is 13.3. The summed E-state index contributed by atoms with van der Waals surface area (Å²) in [5, 5.41) is 0. The number of fused-ring (bicyclic) bond motifs is 2. The highest BCUT2D eigenvalue weighted by atomic mass is 19.1. The fourth-order valence-electron chi connectivity index (χ4n) is 6.77. The number of benzene rings is 2. The molecule has 51 heavy (non-hydrogen) atoms. The van der Waals surface area contributed by atoms with Crippen LogP contribution in [0.25, 0.3) is 67.2 Å². The minimum Gasteiger partial charge on any atom is -0.363 e. The summed E-state index contributed by atoms with van der Waals surface area (Å²) in [4.78, 5) is 23.1. The van der Waals surface area contributed by atoms with Gasteiger partial charge in [0, 0.05) is 91.9 Å². The molecule has 6 aromatic heterocycles. The van der Waals surface area contributed by atoms with Crippen LogP contribution in [0.4, 0.5) is 16.0 Å². The first-order valence-corrected chi connectivity index (χ1v) is 16.8. The molecule has 0 aliphatic heterocycles. The van der Waals surface area contributed by atoms with E-state index in [-0.39, 0.29) is 5.82 Å². The van der Waals surface area contributed by atoms with Crippen LogP contribution >= 0.6 is 0 Å². The first kappa shape index (κ1) is 31.9. The summed E-state index contributed by atoms with van der Waals surface area (Å²) in [6.07, 6.45) is 11.7. The highest BCUT2D eigenvalue weighted by molar-refractivity contribution is 5.87. The highest BCUT2D eigenvalue weighted by Crippen LogP contribution is 2.38. The monoisotopic (exact) mass is 672 g/mol. The molecule has 2 aromatic carbocycles. The Bertz CT molecular complexity index is 2600. The normalized spacial score (nSPS) is 11.4. The quantitative estimate of drug-likeness (QED) is 0.168. The Morgan fingerprint density at radius 2 is 1.08 bits per heavy atom. The van der Waals surface area contributed by atoms with Crippen molar-refractivity contribution in [2.24, 2.45) is 0 Å². The number of aromatic nitrogens is 6. The molecule has 0 bridgehead atoms. The molecule has 0 spiro atoms. The lowest BCUT2D eigenvalue weighted by atomic mass is 9.92. The van der Waals surface area contributed by atoms with Crippen molar-refractivity contribution >= 4 is 22.9 Å². The van der Waals surface area contributed by atoms with Crippen LogP contribution in [0.1, 0.15) is 11.1 Å². The molecule has 0 amide bonds. The third-order valence-electron chi connectivity index (χ3n) is 9.45. The van der Waals surface area contributed by atoms with E-state index in [1.165, 1.54) is 6.07 Å². The third kappa shape index (κ3) is 5.66. The van der Waals surface area contributed by atoms with Crippen LogP contribution in [0.3, 0.4) is 0 Å². The van der Waals surface area contributed by atoms with Crippen molar-refractivity contribution < 1.29 is 4.39 Å². The maximum absolute atomic E-state index is 14.4. The van der Waals surface area contributed by atoms with Gasteiger partial charge >= 0.3 is 0 Å². The molecule has 8 nitrogen and oxygen atoms in total. The number of imidazole rings is 2. The molecule has 0 radical (unpaired) electrons. The van der Waals surface area contributed by atoms with Crippen LogP contribution in [0, 0.1) is 19.7 Å². The van der Waals surface area contributed by atoms with E-state index in [0.717, 1.165) is 84.4 Å². The topological polar surface area (TPSA) is 66.9 Å². The van der Waals surface area contributed by atoms with Gasteiger partial charge in [-0.25, -0.2) is 14.4 Å². The van der Waals surface area contributed by atoms with Gasteiger partial charge in [-0.2, -0.15) is 0 Å². The van der Waals surface area contributed by atoms with Gasteiger partial charge in [0.25, 0.3) is 0 Å². The van der Waals surface area contributed by atoms with Crippen molar-refractivity contribution in [2.75, 3.05) is 38.0 Å². The van der Waals surface area contributed by atoms with Crippen molar-refractivity contribution in [1.29, 1.82) is 0 Å². The molecule has 0 aliphatic rings. The van der Waals surface area contributed by atoms with Crippen LogP contribution in [-0.2, 0) is 0 Å². The standard InChI is InChI=1S/C42H37FN8/c1-26-18-28(41-34(8-7-17-44-41)30-11-15-37-45-22-39(48(3)4)50(37)24-30)9-13-33(26)32-20-35(42(47-21-32)29-10-14-36(43)27(2)19-29)31-12-16-38-46-23-40(49(5)6)51(38)25-31/h7-25H,1-6H3. The molecule has 0 atom stereocenters. The lowest BCUT2D eigenvalue weighted by molar-refractivity contribution is 0.619. The van der Waals surface area contributed by atoms with Gasteiger partial charge in [-0.05, 0) is 91.2 Å². The zero-order chi connectivity index (χ0) is 35.4. The zero-order valence-corrected chi connectivity index (χ0v) is 29.4. The smallest absolute Gasteiger partial charge is 0.138 e. The fraction of sp³-hybridized carbons (Fsp3) is 0.143. The summed E-state index contributed by atoms with van der Waals surface area (Å²) >= 11 is 0. The van der Waals surface area contributed by atoms with Crippen LogP contribution in [0.2, 0.25) is 0 Å². The molecular weight excluding hydrogens is 636 g/mol. The van der Waals surface area contributed by atoms with E-state index >= 15 is 0 Å². The fourth-order valence-corrected chi connectivity index (χ4v) is 6.77. The van der Waals surface area contributed by atoms with E-state index < -0.39 is 0 Å². The summed E-state index contributed by atoms with van der Waals surface area (Å²) in [6.45, 7) is 3.91. The molecule has 8 rings (SSSR count). The van der Waals surface area contributed by atoms with Gasteiger partial charge < -0.3 is 9.80 Å². The van der Waals surface area contributed by atoms with E-state index in [9.17, 15) is 4.39 Å². The van der Waals surface area contributed by atoms with Gasteiger partial charge in [-0.15, -0.1) is 0 Å². The van der Waals surface area contributed by atoms with E-state index in [4.69, 9.17) is 9.97 Å². The van der Waals surface area contributed by atoms with Crippen molar-refractivity contribution in [2.45, 2.75) is 13.8 Å². The lowest BCUT2D eigenvalue weighted by Gasteiger charge is -2.16. The van der Waals surface area contributed by atoms with Gasteiger partial charge in [0.05, 0.1) is 23.8 Å². The number of nitrogens with zero attached hydrogens (tertiary/aromatic N) is 8. The molecule has 0 saturated heterocycles. The summed E-state index contributed by atoms with van der Waals surface area (Å²) in [6, 6.07) is 26.2. The number of pyridine rings is 4. The van der Waals surface area contributed by atoms with E-state index in [2.05, 4.69) is 85.5 Å². The molecule has 0 saturated carbocycles. The molecule has 9 heteroatoms. The molecular formula is C42H37FN8. The average Bonchev–Trinajstić information content (AvgIpc) is 3.77. The predicted molar refractivity (Wildman–Crippen MR) is 205 cm³/mol. The van der Waals surface area contributed by atoms with Crippen LogP contribution < -0.4 is 9.80 Å². The van der Waals surface area contributed by atoms with Gasteiger partial charge in [0.15, 0.2) is 0 Å². The van der Waals surface area contributed by atoms with Crippen LogP contribution in [-0.4, -0.2) is 56.9 Å². The number of rotatable bonds is 7. The van der Waals surface area contributed by atoms with Crippen molar-refractivity contribution in [3.8, 4) is 55.9 Å². The molecule has 0 fully saturated rings. The largest absolute Gasteiger partial charge is 0.363 e. The van der Waals surface area contributed by atoms with Crippen molar-refractivity contribution in [3.05, 3.63) is 133 Å². The highest BCUT2D eigenvalue weighted by Gasteiger charge is 2.17. The number of anilines is 2. The molecule has 252 valence electrons. The SMILES string of the molecule is Cc1cc(-c2ncc(-c3ccc(-c4ncccc4-c4ccc5ncc(N(C)C)n5c4)cc3C)cc2-c2ccc3ncc(N(C)C)n3c2)ccc1F. The van der Waals surface area contributed by atoms with Crippen LogP contribution in [0.15, 0.2) is 116 Å². The maximum Gasteiger partial charge on any atom is 0.138 e. The maximum atomic E-state index is 14.4. The van der Waals surface area contributed by atoms with Crippen molar-refractivity contribution in [1.82, 2.24) is 28.7 Å². The second kappa shape index (κ2) is 12.5. The molecule has 6 heterocycles. The third-order valence-corrected chi connectivity index (χ3v) is 9.45. The minimum atomic E-state index is -0.236. The first-order chi connectivity index (χ1) is 24.7. The number of hydrogen-bond acceptors (Lipinski definition) is 6. The summed E-state index contributed by atoms with van der Waals surface area (Å²) in [5.41, 5.74) is 13.1. The summed E-state index contributed by atoms with van der Waals surface area (Å²) in [5.74, 6) is 1.74. The van der Waals surface area contributed by atoms with E-state index in [1.807, 2.05) is 82.1 Å². The number of aryl methyl sites for hydroxylation is 2. The summed E-state index contributed by atoms with van der Waals surface area (Å²) in [7, 11) is 8.05. The number of hydrogen-bond donors (Lipinski definition) is 0. The van der Waals surface area contributed by atoms with Gasteiger partial charge in [-0.3, -0.25) is 18.8 Å². The Morgan fingerprint density at radius 3 is 1.69 bits per heavy atom. The van der Waals surface area contributed by atoms with Gasteiger partial charge in [0.2, 0.25) is 0 Å². The second-order valence-corrected chi connectivity index (χ2v) is 13.3. The minimum absolute atomic E-state index is 0.236. The van der Waals surface area contributed by atoms with E-state index in [0.29, 0.717) is 5.56 Å².